The molecule has 0 aromatic heterocycles. The highest BCUT2D eigenvalue weighted by Crippen LogP contribution is 2.22. The summed E-state index contributed by atoms with van der Waals surface area (Å²) in [7, 11) is -3.73. The standard InChI is InChI=1S/C23H31N3O5S/c1-5-15-31-19-13-11-18(12-14-19)26(32(4,29)30)16-22(27)25-21-10-8-7-9-20(21)23(28)24-17(3)6-2/h7-14,17H,5-6,15-16H2,1-4H3,(H,24,28)(H,25,27). The fourth-order valence-corrected chi connectivity index (χ4v) is 3.70. The Kier molecular flexibility index (Phi) is 9.07. The lowest BCUT2D eigenvalue weighted by Gasteiger charge is -2.22. The predicted molar refractivity (Wildman–Crippen MR) is 127 cm³/mol. The highest BCUT2D eigenvalue weighted by molar-refractivity contribution is 7.92. The Morgan fingerprint density at radius 3 is 2.31 bits per heavy atom. The number of anilines is 2. The van der Waals surface area contributed by atoms with Crippen molar-refractivity contribution in [1.82, 2.24) is 5.32 Å². The minimum atomic E-state index is -3.73. The molecule has 2 rings (SSSR count). The van der Waals surface area contributed by atoms with Crippen LogP contribution in [0.2, 0.25) is 0 Å². The molecule has 2 amide bonds. The molecule has 9 heteroatoms. The minimum Gasteiger partial charge on any atom is -0.494 e. The van der Waals surface area contributed by atoms with Crippen LogP contribution < -0.4 is 19.7 Å². The third-order valence-electron chi connectivity index (χ3n) is 4.72. The first-order valence-corrected chi connectivity index (χ1v) is 12.4. The van der Waals surface area contributed by atoms with Gasteiger partial charge in [-0.1, -0.05) is 26.0 Å². The van der Waals surface area contributed by atoms with E-state index in [2.05, 4.69) is 10.6 Å². The fourth-order valence-electron chi connectivity index (χ4n) is 2.84. The van der Waals surface area contributed by atoms with Gasteiger partial charge in [-0.15, -0.1) is 0 Å². The van der Waals surface area contributed by atoms with Gasteiger partial charge in [-0.3, -0.25) is 13.9 Å². The second-order valence-electron chi connectivity index (χ2n) is 7.49. The summed E-state index contributed by atoms with van der Waals surface area (Å²) in [6.07, 6.45) is 2.66. The first-order valence-electron chi connectivity index (χ1n) is 10.6. The fraction of sp³-hybridized carbons (Fsp3) is 0.391. The highest BCUT2D eigenvalue weighted by atomic mass is 32.2. The summed E-state index contributed by atoms with van der Waals surface area (Å²) in [5, 5.41) is 5.53. The molecule has 0 fully saturated rings. The van der Waals surface area contributed by atoms with Crippen molar-refractivity contribution in [1.29, 1.82) is 0 Å². The maximum absolute atomic E-state index is 12.7. The molecule has 0 aliphatic heterocycles. The number of hydrogen-bond acceptors (Lipinski definition) is 5. The molecule has 0 heterocycles. The van der Waals surface area contributed by atoms with E-state index in [0.717, 1.165) is 23.4 Å². The number of nitrogens with zero attached hydrogens (tertiary/aromatic N) is 1. The van der Waals surface area contributed by atoms with Gasteiger partial charge in [-0.25, -0.2) is 8.42 Å². The zero-order valence-electron chi connectivity index (χ0n) is 18.9. The van der Waals surface area contributed by atoms with Crippen LogP contribution >= 0.6 is 0 Å². The van der Waals surface area contributed by atoms with E-state index in [4.69, 9.17) is 4.74 Å². The number of rotatable bonds is 11. The molecular formula is C23H31N3O5S. The molecule has 1 unspecified atom stereocenters. The molecule has 0 saturated carbocycles. The van der Waals surface area contributed by atoms with Crippen molar-refractivity contribution in [2.75, 3.05) is 29.0 Å². The van der Waals surface area contributed by atoms with E-state index in [1.165, 1.54) is 0 Å². The first-order chi connectivity index (χ1) is 15.2. The quantitative estimate of drug-likeness (QED) is 0.534. The molecule has 2 aromatic carbocycles. The lowest BCUT2D eigenvalue weighted by molar-refractivity contribution is -0.114. The second-order valence-corrected chi connectivity index (χ2v) is 9.40. The number of carbonyl (C=O) groups excluding carboxylic acids is 2. The molecular weight excluding hydrogens is 430 g/mol. The van der Waals surface area contributed by atoms with E-state index in [-0.39, 0.29) is 11.9 Å². The van der Waals surface area contributed by atoms with E-state index in [0.29, 0.717) is 29.3 Å². The summed E-state index contributed by atoms with van der Waals surface area (Å²) in [6.45, 7) is 5.96. The van der Waals surface area contributed by atoms with Gasteiger partial charge in [0.2, 0.25) is 15.9 Å². The SMILES string of the molecule is CCCOc1ccc(N(CC(=O)Nc2ccccc2C(=O)NC(C)CC)S(C)(=O)=O)cc1. The zero-order valence-corrected chi connectivity index (χ0v) is 19.7. The maximum atomic E-state index is 12.7. The normalized spacial score (nSPS) is 12.0. The first kappa shape index (κ1) is 25.2. The molecule has 2 N–H and O–H groups in total. The molecule has 8 nitrogen and oxygen atoms in total. The van der Waals surface area contributed by atoms with Crippen molar-refractivity contribution in [2.24, 2.45) is 0 Å². The molecule has 32 heavy (non-hydrogen) atoms. The summed E-state index contributed by atoms with van der Waals surface area (Å²) < 4.78 is 31.2. The van der Waals surface area contributed by atoms with Gasteiger partial charge in [-0.05, 0) is 56.2 Å². The summed E-state index contributed by atoms with van der Waals surface area (Å²) in [6, 6.07) is 13.1. The van der Waals surface area contributed by atoms with Gasteiger partial charge in [0, 0.05) is 6.04 Å². The van der Waals surface area contributed by atoms with Crippen molar-refractivity contribution >= 4 is 33.2 Å². The Bertz CT molecular complexity index is 1020. The minimum absolute atomic E-state index is 0.0174. The van der Waals surface area contributed by atoms with Crippen molar-refractivity contribution in [3.05, 3.63) is 54.1 Å². The third kappa shape index (κ3) is 7.26. The van der Waals surface area contributed by atoms with Crippen LogP contribution in [-0.2, 0) is 14.8 Å². The van der Waals surface area contributed by atoms with Crippen molar-refractivity contribution in [3.8, 4) is 5.75 Å². The number of amides is 2. The summed E-state index contributed by atoms with van der Waals surface area (Å²) in [5.74, 6) is -0.252. The number of nitrogens with one attached hydrogen (secondary N) is 2. The highest BCUT2D eigenvalue weighted by Gasteiger charge is 2.22. The number of carbonyl (C=O) groups is 2. The Morgan fingerprint density at radius 1 is 1.06 bits per heavy atom. The molecule has 174 valence electrons. The van der Waals surface area contributed by atoms with Gasteiger partial charge in [0.25, 0.3) is 5.91 Å². The molecule has 0 saturated heterocycles. The van der Waals surface area contributed by atoms with Gasteiger partial charge in [-0.2, -0.15) is 0 Å². The molecule has 0 spiro atoms. The largest absolute Gasteiger partial charge is 0.494 e. The Labute approximate surface area is 190 Å². The Hall–Kier alpha value is -3.07. The van der Waals surface area contributed by atoms with Gasteiger partial charge in [0.1, 0.15) is 12.3 Å². The predicted octanol–water partition coefficient (Wildman–Crippen LogP) is 3.41. The number of para-hydroxylation sites is 1. The molecule has 0 aliphatic carbocycles. The van der Waals surface area contributed by atoms with Gasteiger partial charge in [0.05, 0.1) is 29.8 Å². The number of hydrogen-bond donors (Lipinski definition) is 2. The lowest BCUT2D eigenvalue weighted by Crippen LogP contribution is -2.38. The van der Waals surface area contributed by atoms with Crippen LogP contribution in [0.1, 0.15) is 44.0 Å². The van der Waals surface area contributed by atoms with Crippen LogP contribution in [-0.4, -0.2) is 45.7 Å². The van der Waals surface area contributed by atoms with E-state index in [1.54, 1.807) is 48.5 Å². The van der Waals surface area contributed by atoms with Gasteiger partial charge in [0.15, 0.2) is 0 Å². The third-order valence-corrected chi connectivity index (χ3v) is 5.86. The number of benzene rings is 2. The van der Waals surface area contributed by atoms with Crippen LogP contribution in [0.15, 0.2) is 48.5 Å². The average molecular weight is 462 g/mol. The van der Waals surface area contributed by atoms with Crippen LogP contribution in [0.3, 0.4) is 0 Å². The average Bonchev–Trinajstić information content (AvgIpc) is 2.76. The van der Waals surface area contributed by atoms with Crippen LogP contribution in [0, 0.1) is 0 Å². The van der Waals surface area contributed by atoms with Crippen LogP contribution in [0.25, 0.3) is 0 Å². The monoisotopic (exact) mass is 461 g/mol. The lowest BCUT2D eigenvalue weighted by atomic mass is 10.1. The van der Waals surface area contributed by atoms with Crippen LogP contribution in [0.5, 0.6) is 5.75 Å². The molecule has 0 radical (unpaired) electrons. The van der Waals surface area contributed by atoms with Crippen molar-refractivity contribution < 1.29 is 22.7 Å². The molecule has 2 aromatic rings. The second kappa shape index (κ2) is 11.5. The van der Waals surface area contributed by atoms with Gasteiger partial charge >= 0.3 is 0 Å². The van der Waals surface area contributed by atoms with Gasteiger partial charge < -0.3 is 15.4 Å². The van der Waals surface area contributed by atoms with Crippen LogP contribution in [0.4, 0.5) is 11.4 Å². The topological polar surface area (TPSA) is 105 Å². The number of sulfonamides is 1. The zero-order chi connectivity index (χ0) is 23.7. The summed E-state index contributed by atoms with van der Waals surface area (Å²) in [5.41, 5.74) is 0.967. The summed E-state index contributed by atoms with van der Waals surface area (Å²) in [4.78, 5) is 25.3. The van der Waals surface area contributed by atoms with E-state index in [1.807, 2.05) is 20.8 Å². The Morgan fingerprint density at radius 2 is 1.72 bits per heavy atom. The van der Waals surface area contributed by atoms with E-state index >= 15 is 0 Å². The van der Waals surface area contributed by atoms with Crippen molar-refractivity contribution in [2.45, 2.75) is 39.7 Å². The maximum Gasteiger partial charge on any atom is 0.253 e. The van der Waals surface area contributed by atoms with E-state index in [9.17, 15) is 18.0 Å². The smallest absolute Gasteiger partial charge is 0.253 e. The summed E-state index contributed by atoms with van der Waals surface area (Å²) >= 11 is 0. The molecule has 0 bridgehead atoms. The van der Waals surface area contributed by atoms with E-state index < -0.39 is 22.5 Å². The number of ether oxygens (including phenoxy) is 1. The Balaban J connectivity index is 2.18. The van der Waals surface area contributed by atoms with Crippen molar-refractivity contribution in [3.63, 3.8) is 0 Å². The molecule has 0 aliphatic rings. The molecule has 1 atom stereocenters.